The molecule has 0 aromatic carbocycles. The van der Waals surface area contributed by atoms with Crippen LogP contribution in [0.4, 0.5) is 13.2 Å². The first-order chi connectivity index (χ1) is 4.87. The molecule has 0 fully saturated rings. The SMILES string of the molecule is COC(F)(CCBr)C(F)(F)Cl. The first-order valence-electron chi connectivity index (χ1n) is 2.74. The summed E-state index contributed by atoms with van der Waals surface area (Å²) < 4.78 is 41.3. The molecule has 0 heterocycles. The minimum absolute atomic E-state index is 0.0552. The van der Waals surface area contributed by atoms with Crippen molar-refractivity contribution in [2.24, 2.45) is 0 Å². The number of hydrogen-bond donors (Lipinski definition) is 0. The standard InChI is InChI=1S/C5H7BrClF3O/c1-11-4(8,2-3-6)5(7,9)10/h2-3H2,1H3. The zero-order valence-electron chi connectivity index (χ0n) is 5.71. The van der Waals surface area contributed by atoms with Gasteiger partial charge in [0.2, 0.25) is 0 Å². The summed E-state index contributed by atoms with van der Waals surface area (Å²) >= 11 is 7.27. The molecule has 0 rings (SSSR count). The smallest absolute Gasteiger partial charge is 0.344 e. The third kappa shape index (κ3) is 2.80. The van der Waals surface area contributed by atoms with E-state index in [4.69, 9.17) is 0 Å². The summed E-state index contributed by atoms with van der Waals surface area (Å²) in [6, 6.07) is 0. The molecule has 0 aliphatic heterocycles. The molecule has 1 unspecified atom stereocenters. The topological polar surface area (TPSA) is 9.23 Å². The summed E-state index contributed by atoms with van der Waals surface area (Å²) in [5.41, 5.74) is 0. The molecule has 0 aliphatic rings. The van der Waals surface area contributed by atoms with Gasteiger partial charge in [-0.3, -0.25) is 0 Å². The lowest BCUT2D eigenvalue weighted by atomic mass is 10.2. The van der Waals surface area contributed by atoms with Gasteiger partial charge in [0, 0.05) is 18.9 Å². The van der Waals surface area contributed by atoms with Crippen molar-refractivity contribution in [2.45, 2.75) is 17.7 Å². The number of halogens is 5. The number of methoxy groups -OCH3 is 1. The van der Waals surface area contributed by atoms with E-state index in [1.54, 1.807) is 0 Å². The maximum atomic E-state index is 12.9. The van der Waals surface area contributed by atoms with Crippen LogP contribution in [0.5, 0.6) is 0 Å². The summed E-state index contributed by atoms with van der Waals surface area (Å²) in [7, 11) is 0.846. The Bertz CT molecular complexity index is 129. The van der Waals surface area contributed by atoms with Crippen LogP contribution in [-0.4, -0.2) is 23.7 Å². The molecule has 68 valence electrons. The van der Waals surface area contributed by atoms with Crippen molar-refractivity contribution in [3.8, 4) is 0 Å². The van der Waals surface area contributed by atoms with Crippen molar-refractivity contribution >= 4 is 27.5 Å². The van der Waals surface area contributed by atoms with Crippen molar-refractivity contribution in [3.63, 3.8) is 0 Å². The monoisotopic (exact) mass is 254 g/mol. The minimum Gasteiger partial charge on any atom is -0.344 e. The average Bonchev–Trinajstić information content (AvgIpc) is 1.86. The Kier molecular flexibility index (Phi) is 4.15. The summed E-state index contributed by atoms with van der Waals surface area (Å²) in [5.74, 6) is -3.09. The quantitative estimate of drug-likeness (QED) is 0.702. The second-order valence-electron chi connectivity index (χ2n) is 1.87. The first kappa shape index (κ1) is 11.5. The third-order valence-corrected chi connectivity index (χ3v) is 1.84. The minimum atomic E-state index is -3.99. The van der Waals surface area contributed by atoms with Gasteiger partial charge in [-0.25, -0.2) is 4.39 Å². The first-order valence-corrected chi connectivity index (χ1v) is 4.24. The van der Waals surface area contributed by atoms with Crippen LogP contribution in [0.15, 0.2) is 0 Å². The summed E-state index contributed by atoms with van der Waals surface area (Å²) in [5, 5.41) is -3.94. The van der Waals surface area contributed by atoms with Gasteiger partial charge in [0.1, 0.15) is 0 Å². The van der Waals surface area contributed by atoms with Crippen LogP contribution in [0.2, 0.25) is 0 Å². The van der Waals surface area contributed by atoms with Gasteiger partial charge in [0.05, 0.1) is 0 Å². The highest BCUT2D eigenvalue weighted by Crippen LogP contribution is 2.39. The maximum absolute atomic E-state index is 12.9. The highest BCUT2D eigenvalue weighted by molar-refractivity contribution is 9.09. The molecule has 6 heteroatoms. The van der Waals surface area contributed by atoms with E-state index in [2.05, 4.69) is 32.3 Å². The largest absolute Gasteiger partial charge is 0.379 e. The Balaban J connectivity index is 4.33. The van der Waals surface area contributed by atoms with Crippen LogP contribution in [0, 0.1) is 0 Å². The number of rotatable bonds is 4. The highest BCUT2D eigenvalue weighted by atomic mass is 79.9. The predicted molar refractivity (Wildman–Crippen MR) is 40.1 cm³/mol. The Morgan fingerprint density at radius 2 is 1.91 bits per heavy atom. The molecule has 0 aliphatic carbocycles. The molecule has 0 aromatic rings. The van der Waals surface area contributed by atoms with E-state index in [0.29, 0.717) is 0 Å². The molecule has 0 saturated carbocycles. The van der Waals surface area contributed by atoms with E-state index in [1.165, 1.54) is 0 Å². The molecule has 0 bridgehead atoms. The van der Waals surface area contributed by atoms with E-state index in [9.17, 15) is 13.2 Å². The van der Waals surface area contributed by atoms with Gasteiger partial charge < -0.3 is 4.74 Å². The number of alkyl halides is 5. The third-order valence-electron chi connectivity index (χ3n) is 1.16. The van der Waals surface area contributed by atoms with Crippen LogP contribution in [0.1, 0.15) is 6.42 Å². The summed E-state index contributed by atoms with van der Waals surface area (Å²) in [6.07, 6.45) is -0.500. The second kappa shape index (κ2) is 3.96. The number of hydrogen-bond acceptors (Lipinski definition) is 1. The molecular weight excluding hydrogens is 248 g/mol. The molecule has 0 spiro atoms. The zero-order valence-corrected chi connectivity index (χ0v) is 8.05. The lowest BCUT2D eigenvalue weighted by molar-refractivity contribution is -0.228. The van der Waals surface area contributed by atoms with Crippen molar-refractivity contribution in [1.82, 2.24) is 0 Å². The van der Waals surface area contributed by atoms with Crippen molar-refractivity contribution in [1.29, 1.82) is 0 Å². The molecular formula is C5H7BrClF3O. The van der Waals surface area contributed by atoms with Gasteiger partial charge in [-0.2, -0.15) is 8.78 Å². The van der Waals surface area contributed by atoms with Crippen molar-refractivity contribution in [3.05, 3.63) is 0 Å². The second-order valence-corrected chi connectivity index (χ2v) is 3.14. The van der Waals surface area contributed by atoms with Crippen LogP contribution < -0.4 is 0 Å². The molecule has 0 saturated heterocycles. The lowest BCUT2D eigenvalue weighted by Gasteiger charge is -2.26. The highest BCUT2D eigenvalue weighted by Gasteiger charge is 2.53. The molecule has 0 aromatic heterocycles. The Labute approximate surface area is 76.0 Å². The van der Waals surface area contributed by atoms with Crippen LogP contribution in [0.25, 0.3) is 0 Å². The average molecular weight is 255 g/mol. The van der Waals surface area contributed by atoms with Gasteiger partial charge in [0.15, 0.2) is 0 Å². The molecule has 0 N–H and O–H groups in total. The van der Waals surface area contributed by atoms with E-state index in [-0.39, 0.29) is 5.33 Å². The van der Waals surface area contributed by atoms with Crippen molar-refractivity contribution in [2.75, 3.05) is 12.4 Å². The van der Waals surface area contributed by atoms with Gasteiger partial charge in [-0.15, -0.1) is 0 Å². The fraction of sp³-hybridized carbons (Fsp3) is 1.00. The van der Waals surface area contributed by atoms with Gasteiger partial charge >= 0.3 is 5.38 Å². The summed E-state index contributed by atoms with van der Waals surface area (Å²) in [6.45, 7) is 0. The Morgan fingerprint density at radius 3 is 2.00 bits per heavy atom. The molecule has 1 nitrogen and oxygen atoms in total. The van der Waals surface area contributed by atoms with Gasteiger partial charge in [-0.05, 0) is 11.6 Å². The molecule has 1 atom stereocenters. The Hall–Kier alpha value is 0.520. The van der Waals surface area contributed by atoms with Crippen LogP contribution in [0.3, 0.4) is 0 Å². The van der Waals surface area contributed by atoms with Crippen molar-refractivity contribution < 1.29 is 17.9 Å². The van der Waals surface area contributed by atoms with E-state index < -0.39 is 17.7 Å². The van der Waals surface area contributed by atoms with E-state index >= 15 is 0 Å². The maximum Gasteiger partial charge on any atom is 0.379 e. The van der Waals surface area contributed by atoms with Crippen LogP contribution >= 0.6 is 27.5 Å². The fourth-order valence-corrected chi connectivity index (χ4v) is 1.16. The lowest BCUT2D eigenvalue weighted by Crippen LogP contribution is -2.42. The van der Waals surface area contributed by atoms with Gasteiger partial charge in [0.25, 0.3) is 5.85 Å². The Morgan fingerprint density at radius 1 is 1.45 bits per heavy atom. The van der Waals surface area contributed by atoms with E-state index in [1.807, 2.05) is 0 Å². The predicted octanol–water partition coefficient (Wildman–Crippen LogP) is 2.92. The van der Waals surface area contributed by atoms with Crippen LogP contribution in [-0.2, 0) is 4.74 Å². The fourth-order valence-electron chi connectivity index (χ4n) is 0.481. The molecule has 0 radical (unpaired) electrons. The zero-order chi connectivity index (χ0) is 9.12. The molecule has 11 heavy (non-hydrogen) atoms. The van der Waals surface area contributed by atoms with E-state index in [0.717, 1.165) is 7.11 Å². The van der Waals surface area contributed by atoms with Gasteiger partial charge in [-0.1, -0.05) is 15.9 Å². The summed E-state index contributed by atoms with van der Waals surface area (Å²) in [4.78, 5) is 0. The normalized spacial score (nSPS) is 18.0. The molecule has 0 amide bonds. The number of ether oxygens (including phenoxy) is 1.